The first-order valence-corrected chi connectivity index (χ1v) is 11.8. The number of hydrogen-bond acceptors (Lipinski definition) is 6. The smallest absolute Gasteiger partial charge is 0.336 e. The highest BCUT2D eigenvalue weighted by molar-refractivity contribution is 5.96. The number of nitrogens with one attached hydrogen (secondary N) is 1. The molecule has 2 aromatic rings. The number of allylic oxidation sites excluding steroid dienone is 3. The average Bonchev–Trinajstić information content (AvgIpc) is 3.30. The molecular formula is C28H29NO5. The third-order valence-electron chi connectivity index (χ3n) is 6.62. The van der Waals surface area contributed by atoms with Crippen molar-refractivity contribution >= 4 is 11.8 Å². The van der Waals surface area contributed by atoms with Crippen molar-refractivity contribution in [3.8, 4) is 11.5 Å². The van der Waals surface area contributed by atoms with Crippen LogP contribution in [-0.2, 0) is 14.3 Å². The monoisotopic (exact) mass is 459 g/mol. The zero-order valence-corrected chi connectivity index (χ0v) is 19.7. The number of rotatable bonds is 5. The minimum absolute atomic E-state index is 0.00732. The van der Waals surface area contributed by atoms with Gasteiger partial charge in [0.2, 0.25) is 6.79 Å². The Labute approximate surface area is 199 Å². The second-order valence-electron chi connectivity index (χ2n) is 9.53. The van der Waals surface area contributed by atoms with E-state index in [0.29, 0.717) is 35.8 Å². The lowest BCUT2D eigenvalue weighted by molar-refractivity contribution is -0.140. The summed E-state index contributed by atoms with van der Waals surface area (Å²) in [6, 6.07) is 15.7. The fourth-order valence-electron chi connectivity index (χ4n) is 5.05. The van der Waals surface area contributed by atoms with Crippen molar-refractivity contribution in [3.05, 3.63) is 82.7 Å². The van der Waals surface area contributed by atoms with Crippen LogP contribution < -0.4 is 14.8 Å². The molecule has 5 rings (SSSR count). The van der Waals surface area contributed by atoms with Crippen molar-refractivity contribution in [2.75, 3.05) is 13.4 Å². The van der Waals surface area contributed by atoms with Crippen molar-refractivity contribution < 1.29 is 23.8 Å². The number of ketones is 1. The van der Waals surface area contributed by atoms with Gasteiger partial charge in [-0.05, 0) is 36.1 Å². The summed E-state index contributed by atoms with van der Waals surface area (Å²) in [5.41, 5.74) is 3.98. The third-order valence-corrected chi connectivity index (χ3v) is 6.62. The highest BCUT2D eigenvalue weighted by atomic mass is 16.7. The van der Waals surface area contributed by atoms with Gasteiger partial charge < -0.3 is 19.5 Å². The minimum Gasteiger partial charge on any atom is -0.462 e. The fraction of sp³-hybridized carbons (Fsp3) is 0.357. The largest absolute Gasteiger partial charge is 0.462 e. The zero-order chi connectivity index (χ0) is 23.8. The molecule has 176 valence electrons. The highest BCUT2D eigenvalue weighted by Gasteiger charge is 2.45. The molecule has 3 aliphatic rings. The fourth-order valence-corrected chi connectivity index (χ4v) is 5.05. The molecular weight excluding hydrogens is 430 g/mol. The van der Waals surface area contributed by atoms with Gasteiger partial charge in [0, 0.05) is 29.7 Å². The van der Waals surface area contributed by atoms with Crippen LogP contribution in [0.15, 0.2) is 71.6 Å². The molecule has 2 aromatic carbocycles. The van der Waals surface area contributed by atoms with E-state index >= 15 is 0 Å². The quantitative estimate of drug-likeness (QED) is 0.646. The summed E-state index contributed by atoms with van der Waals surface area (Å²) in [6.07, 6.45) is 2.52. The van der Waals surface area contributed by atoms with Gasteiger partial charge in [0.25, 0.3) is 0 Å². The van der Waals surface area contributed by atoms with Gasteiger partial charge in [-0.1, -0.05) is 56.3 Å². The molecule has 1 aliphatic carbocycles. The van der Waals surface area contributed by atoms with Crippen molar-refractivity contribution in [2.24, 2.45) is 11.8 Å². The molecule has 34 heavy (non-hydrogen) atoms. The highest BCUT2D eigenvalue weighted by Crippen LogP contribution is 2.48. The number of fused-ring (bicyclic) bond motifs is 2. The molecule has 0 radical (unpaired) electrons. The molecule has 0 fully saturated rings. The first-order valence-electron chi connectivity index (χ1n) is 11.8. The van der Waals surface area contributed by atoms with E-state index in [2.05, 4.69) is 11.4 Å². The van der Waals surface area contributed by atoms with E-state index in [4.69, 9.17) is 14.2 Å². The van der Waals surface area contributed by atoms with Gasteiger partial charge in [-0.2, -0.15) is 0 Å². The first-order chi connectivity index (χ1) is 16.4. The number of carbonyl (C=O) groups excluding carboxylic acids is 2. The Bertz CT molecular complexity index is 1180. The topological polar surface area (TPSA) is 73.9 Å². The number of hydrogen-bond donors (Lipinski definition) is 1. The second-order valence-corrected chi connectivity index (χ2v) is 9.53. The van der Waals surface area contributed by atoms with Gasteiger partial charge in [0.15, 0.2) is 11.5 Å². The molecule has 0 spiro atoms. The zero-order valence-electron chi connectivity index (χ0n) is 19.7. The summed E-state index contributed by atoms with van der Waals surface area (Å²) in [7, 11) is 0. The van der Waals surface area contributed by atoms with Gasteiger partial charge in [0.05, 0.1) is 18.1 Å². The van der Waals surface area contributed by atoms with Gasteiger partial charge in [-0.25, -0.2) is 4.79 Å². The van der Waals surface area contributed by atoms with Crippen LogP contribution in [0.5, 0.6) is 11.5 Å². The summed E-state index contributed by atoms with van der Waals surface area (Å²) >= 11 is 0. The SMILES string of the molecule is CC1=C(C(=O)OCC(C)C)C(c2ccc3c(c2)OCO3)C2C(=O)CC(c3ccccc3)C=C2N1. The van der Waals surface area contributed by atoms with E-state index in [1.54, 1.807) is 0 Å². The van der Waals surface area contributed by atoms with Crippen LogP contribution in [0.4, 0.5) is 0 Å². The molecule has 0 aromatic heterocycles. The summed E-state index contributed by atoms with van der Waals surface area (Å²) in [4.78, 5) is 26.9. The molecule has 0 amide bonds. The van der Waals surface area contributed by atoms with Gasteiger partial charge in [-0.15, -0.1) is 0 Å². The van der Waals surface area contributed by atoms with Crippen molar-refractivity contribution in [2.45, 2.75) is 39.0 Å². The molecule has 0 bridgehead atoms. The Balaban J connectivity index is 1.59. The van der Waals surface area contributed by atoms with Crippen LogP contribution >= 0.6 is 0 Å². The Morgan fingerprint density at radius 3 is 2.59 bits per heavy atom. The number of esters is 1. The van der Waals surface area contributed by atoms with Crippen LogP contribution in [0.2, 0.25) is 0 Å². The van der Waals surface area contributed by atoms with Gasteiger partial charge in [0.1, 0.15) is 5.78 Å². The van der Waals surface area contributed by atoms with E-state index in [1.165, 1.54) is 0 Å². The van der Waals surface area contributed by atoms with Crippen LogP contribution in [-0.4, -0.2) is 25.2 Å². The maximum Gasteiger partial charge on any atom is 0.336 e. The molecule has 6 heteroatoms. The molecule has 0 saturated heterocycles. The Morgan fingerprint density at radius 1 is 1.06 bits per heavy atom. The molecule has 6 nitrogen and oxygen atoms in total. The van der Waals surface area contributed by atoms with Crippen molar-refractivity contribution in [1.82, 2.24) is 5.32 Å². The maximum absolute atomic E-state index is 13.7. The Hall–Kier alpha value is -3.54. The predicted octanol–water partition coefficient (Wildman–Crippen LogP) is 4.83. The average molecular weight is 460 g/mol. The van der Waals surface area contributed by atoms with Crippen LogP contribution in [0.25, 0.3) is 0 Å². The van der Waals surface area contributed by atoms with E-state index < -0.39 is 17.8 Å². The van der Waals surface area contributed by atoms with Gasteiger partial charge >= 0.3 is 5.97 Å². The number of benzene rings is 2. The number of Topliss-reactive ketones (excluding diaryl/α,β-unsaturated/α-hetero) is 1. The van der Waals surface area contributed by atoms with E-state index in [1.807, 2.05) is 69.3 Å². The number of ether oxygens (including phenoxy) is 3. The lowest BCUT2D eigenvalue weighted by Crippen LogP contribution is -2.42. The van der Waals surface area contributed by atoms with E-state index in [-0.39, 0.29) is 24.4 Å². The summed E-state index contributed by atoms with van der Waals surface area (Å²) in [6.45, 7) is 6.35. The molecule has 2 heterocycles. The van der Waals surface area contributed by atoms with Gasteiger partial charge in [-0.3, -0.25) is 4.79 Å². The lowest BCUT2D eigenvalue weighted by Gasteiger charge is -2.39. The maximum atomic E-state index is 13.7. The predicted molar refractivity (Wildman–Crippen MR) is 127 cm³/mol. The van der Waals surface area contributed by atoms with E-state index in [9.17, 15) is 9.59 Å². The van der Waals surface area contributed by atoms with Crippen molar-refractivity contribution in [3.63, 3.8) is 0 Å². The van der Waals surface area contributed by atoms with Crippen LogP contribution in [0.1, 0.15) is 50.2 Å². The summed E-state index contributed by atoms with van der Waals surface area (Å²) in [5.74, 6) is 0.241. The van der Waals surface area contributed by atoms with E-state index in [0.717, 1.165) is 16.8 Å². The molecule has 2 aliphatic heterocycles. The standard InChI is InChI=1S/C28H29NO5/c1-16(2)14-32-28(31)25-17(3)29-21-11-20(18-7-5-4-6-8-18)12-22(30)27(21)26(25)19-9-10-23-24(13-19)34-15-33-23/h4-11,13,16,20,26-27,29H,12,14-15H2,1-3H3. The normalized spacial score (nSPS) is 23.4. The Kier molecular flexibility index (Phi) is 5.90. The number of carbonyl (C=O) groups is 2. The molecule has 3 atom stereocenters. The minimum atomic E-state index is -0.495. The molecule has 1 N–H and O–H groups in total. The Morgan fingerprint density at radius 2 is 1.82 bits per heavy atom. The summed E-state index contributed by atoms with van der Waals surface area (Å²) < 4.78 is 16.7. The summed E-state index contributed by atoms with van der Waals surface area (Å²) in [5, 5.41) is 3.38. The second kappa shape index (κ2) is 9.01. The van der Waals surface area contributed by atoms with Crippen molar-refractivity contribution in [1.29, 1.82) is 0 Å². The third kappa shape index (κ3) is 4.09. The first kappa shape index (κ1) is 22.3. The molecule has 0 saturated carbocycles. The van der Waals surface area contributed by atoms with Crippen LogP contribution in [0, 0.1) is 11.8 Å². The van der Waals surface area contributed by atoms with Crippen LogP contribution in [0.3, 0.4) is 0 Å². The lowest BCUT2D eigenvalue weighted by atomic mass is 9.68. The molecule has 3 unspecified atom stereocenters.